The summed E-state index contributed by atoms with van der Waals surface area (Å²) < 4.78 is 0. The van der Waals surface area contributed by atoms with Crippen molar-refractivity contribution in [3.63, 3.8) is 0 Å². The van der Waals surface area contributed by atoms with E-state index in [1.807, 2.05) is 4.90 Å². The first-order valence-corrected chi connectivity index (χ1v) is 5.95. The molecular weight excluding hydrogens is 188 g/mol. The first kappa shape index (κ1) is 10.7. The highest BCUT2D eigenvalue weighted by Crippen LogP contribution is 2.14. The zero-order chi connectivity index (χ0) is 10.7. The smallest absolute Gasteiger partial charge is 0.239 e. The molecule has 0 spiro atoms. The van der Waals surface area contributed by atoms with Crippen LogP contribution in [0.5, 0.6) is 0 Å². The van der Waals surface area contributed by atoms with Crippen molar-refractivity contribution in [1.82, 2.24) is 10.2 Å². The molecule has 1 N–H and O–H groups in total. The van der Waals surface area contributed by atoms with Crippen LogP contribution >= 0.6 is 0 Å². The minimum Gasteiger partial charge on any atom is -0.337 e. The van der Waals surface area contributed by atoms with Gasteiger partial charge in [0.05, 0.1) is 6.04 Å². The summed E-state index contributed by atoms with van der Waals surface area (Å²) >= 11 is 0. The summed E-state index contributed by atoms with van der Waals surface area (Å²) in [5, 5.41) is 3.32. The largest absolute Gasteiger partial charge is 0.337 e. The second-order valence-electron chi connectivity index (χ2n) is 4.59. The fourth-order valence-corrected chi connectivity index (χ4v) is 2.25. The van der Waals surface area contributed by atoms with E-state index in [2.05, 4.69) is 18.3 Å². The van der Waals surface area contributed by atoms with E-state index in [4.69, 9.17) is 0 Å². The highest BCUT2D eigenvalue weighted by Gasteiger charge is 2.25. The maximum absolute atomic E-state index is 12.1. The summed E-state index contributed by atoms with van der Waals surface area (Å²) in [6, 6.07) is 0.0885. The van der Waals surface area contributed by atoms with Crippen LogP contribution in [-0.4, -0.2) is 36.5 Å². The lowest BCUT2D eigenvalue weighted by Gasteiger charge is -2.31. The molecule has 0 radical (unpaired) electrons. The zero-order valence-electron chi connectivity index (χ0n) is 9.46. The van der Waals surface area contributed by atoms with E-state index in [0.29, 0.717) is 5.91 Å². The second-order valence-corrected chi connectivity index (χ2v) is 4.59. The number of nitrogens with zero attached hydrogens (tertiary/aromatic N) is 1. The van der Waals surface area contributed by atoms with Gasteiger partial charge in [-0.25, -0.2) is 0 Å². The zero-order valence-corrected chi connectivity index (χ0v) is 9.46. The van der Waals surface area contributed by atoms with Gasteiger partial charge >= 0.3 is 0 Å². The van der Waals surface area contributed by atoms with Crippen LogP contribution in [-0.2, 0) is 4.79 Å². The summed E-state index contributed by atoms with van der Waals surface area (Å²) in [6.45, 7) is 4.85. The molecule has 1 atom stereocenters. The Bertz CT molecular complexity index is 267. The maximum atomic E-state index is 12.1. The Morgan fingerprint density at radius 3 is 3.00 bits per heavy atom. The highest BCUT2D eigenvalue weighted by atomic mass is 16.2. The first-order valence-electron chi connectivity index (χ1n) is 5.95. The third kappa shape index (κ3) is 2.59. The number of nitrogens with one attached hydrogen (secondary N) is 1. The van der Waals surface area contributed by atoms with Gasteiger partial charge in [0.1, 0.15) is 0 Å². The monoisotopic (exact) mass is 208 g/mol. The lowest BCUT2D eigenvalue weighted by atomic mass is 10.0. The summed E-state index contributed by atoms with van der Waals surface area (Å²) in [5.74, 6) is 0.304. The molecule has 3 heteroatoms. The molecule has 2 rings (SSSR count). The molecule has 1 saturated heterocycles. The minimum absolute atomic E-state index is 0.0885. The highest BCUT2D eigenvalue weighted by molar-refractivity contribution is 5.82. The second kappa shape index (κ2) is 4.79. The molecule has 1 amide bonds. The Labute approximate surface area is 91.5 Å². The van der Waals surface area contributed by atoms with Crippen LogP contribution in [0.2, 0.25) is 0 Å². The Hall–Kier alpha value is -0.830. The van der Waals surface area contributed by atoms with E-state index in [1.165, 1.54) is 18.4 Å². The quantitative estimate of drug-likeness (QED) is 0.659. The number of carbonyl (C=O) groups excluding carboxylic acids is 1. The lowest BCUT2D eigenvalue weighted by Crippen LogP contribution is -2.49. The van der Waals surface area contributed by atoms with Gasteiger partial charge in [0.2, 0.25) is 5.91 Å². The SMILES string of the molecule is CC1=CCN(C(=O)C2CCCCN2)CC1. The van der Waals surface area contributed by atoms with Crippen molar-refractivity contribution < 1.29 is 4.79 Å². The standard InChI is InChI=1S/C12H20N2O/c1-10-5-8-14(9-6-10)12(15)11-4-2-3-7-13-11/h5,11,13H,2-4,6-9H2,1H3. The molecule has 3 nitrogen and oxygen atoms in total. The molecule has 84 valence electrons. The van der Waals surface area contributed by atoms with Crippen LogP contribution in [0.4, 0.5) is 0 Å². The van der Waals surface area contributed by atoms with Crippen LogP contribution < -0.4 is 5.32 Å². The maximum Gasteiger partial charge on any atom is 0.239 e. The van der Waals surface area contributed by atoms with Crippen molar-refractivity contribution in [2.75, 3.05) is 19.6 Å². The average molecular weight is 208 g/mol. The van der Waals surface area contributed by atoms with Gasteiger partial charge in [-0.3, -0.25) is 4.79 Å². The van der Waals surface area contributed by atoms with E-state index >= 15 is 0 Å². The van der Waals surface area contributed by atoms with Gasteiger partial charge in [-0.2, -0.15) is 0 Å². The molecule has 2 aliphatic heterocycles. The van der Waals surface area contributed by atoms with Gasteiger partial charge in [-0.15, -0.1) is 0 Å². The Kier molecular flexibility index (Phi) is 3.41. The average Bonchev–Trinajstić information content (AvgIpc) is 2.30. The predicted molar refractivity (Wildman–Crippen MR) is 60.6 cm³/mol. The minimum atomic E-state index is 0.0885. The van der Waals surface area contributed by atoms with Crippen molar-refractivity contribution in [3.05, 3.63) is 11.6 Å². The number of piperidine rings is 1. The van der Waals surface area contributed by atoms with Crippen molar-refractivity contribution >= 4 is 5.91 Å². The fourth-order valence-electron chi connectivity index (χ4n) is 2.25. The molecule has 2 aliphatic rings. The van der Waals surface area contributed by atoms with Gasteiger partial charge in [-0.1, -0.05) is 18.1 Å². The first-order chi connectivity index (χ1) is 7.27. The van der Waals surface area contributed by atoms with E-state index < -0.39 is 0 Å². The number of hydrogen-bond acceptors (Lipinski definition) is 2. The van der Waals surface area contributed by atoms with Crippen molar-refractivity contribution in [2.24, 2.45) is 0 Å². The van der Waals surface area contributed by atoms with Gasteiger partial charge in [0, 0.05) is 13.1 Å². The van der Waals surface area contributed by atoms with Gasteiger partial charge in [0.25, 0.3) is 0 Å². The molecule has 15 heavy (non-hydrogen) atoms. The Morgan fingerprint density at radius 2 is 2.40 bits per heavy atom. The molecule has 0 aromatic heterocycles. The molecular formula is C12H20N2O. The summed E-state index contributed by atoms with van der Waals surface area (Å²) in [6.07, 6.45) is 6.62. The van der Waals surface area contributed by atoms with E-state index in [0.717, 1.165) is 32.5 Å². The third-order valence-corrected chi connectivity index (χ3v) is 3.36. The molecule has 0 aliphatic carbocycles. The molecule has 1 fully saturated rings. The molecule has 0 aromatic rings. The lowest BCUT2D eigenvalue weighted by molar-refractivity contribution is -0.133. The number of hydrogen-bond donors (Lipinski definition) is 1. The topological polar surface area (TPSA) is 32.3 Å². The van der Waals surface area contributed by atoms with E-state index in [9.17, 15) is 4.79 Å². The molecule has 0 bridgehead atoms. The molecule has 1 unspecified atom stereocenters. The van der Waals surface area contributed by atoms with Crippen LogP contribution in [0.1, 0.15) is 32.6 Å². The van der Waals surface area contributed by atoms with Crippen LogP contribution in [0.25, 0.3) is 0 Å². The fraction of sp³-hybridized carbons (Fsp3) is 0.750. The summed E-state index contributed by atoms with van der Waals surface area (Å²) in [4.78, 5) is 14.1. The third-order valence-electron chi connectivity index (χ3n) is 3.36. The van der Waals surface area contributed by atoms with Gasteiger partial charge < -0.3 is 10.2 Å². The molecule has 2 heterocycles. The van der Waals surface area contributed by atoms with Crippen LogP contribution in [0.15, 0.2) is 11.6 Å². The summed E-state index contributed by atoms with van der Waals surface area (Å²) in [5.41, 5.74) is 1.41. The molecule has 0 saturated carbocycles. The molecule has 0 aromatic carbocycles. The predicted octanol–water partition coefficient (Wildman–Crippen LogP) is 1.31. The Balaban J connectivity index is 1.90. The van der Waals surface area contributed by atoms with E-state index in [1.54, 1.807) is 0 Å². The van der Waals surface area contributed by atoms with Crippen LogP contribution in [0, 0.1) is 0 Å². The van der Waals surface area contributed by atoms with E-state index in [-0.39, 0.29) is 6.04 Å². The number of carbonyl (C=O) groups is 1. The van der Waals surface area contributed by atoms with Crippen molar-refractivity contribution in [3.8, 4) is 0 Å². The van der Waals surface area contributed by atoms with Gasteiger partial charge in [0.15, 0.2) is 0 Å². The summed E-state index contributed by atoms with van der Waals surface area (Å²) in [7, 11) is 0. The van der Waals surface area contributed by atoms with Crippen molar-refractivity contribution in [1.29, 1.82) is 0 Å². The van der Waals surface area contributed by atoms with Crippen LogP contribution in [0.3, 0.4) is 0 Å². The van der Waals surface area contributed by atoms with Gasteiger partial charge in [-0.05, 0) is 32.7 Å². The number of amides is 1. The Morgan fingerprint density at radius 1 is 1.53 bits per heavy atom. The normalized spacial score (nSPS) is 27.4. The van der Waals surface area contributed by atoms with Crippen molar-refractivity contribution in [2.45, 2.75) is 38.6 Å². The number of rotatable bonds is 1.